The molecule has 0 aliphatic heterocycles. The quantitative estimate of drug-likeness (QED) is 0.619. The molecule has 0 bridgehead atoms. The van der Waals surface area contributed by atoms with Crippen molar-refractivity contribution in [3.05, 3.63) is 24.3 Å². The van der Waals surface area contributed by atoms with Crippen LogP contribution in [0.2, 0.25) is 0 Å². The molecule has 0 atom stereocenters. The van der Waals surface area contributed by atoms with E-state index in [9.17, 15) is 0 Å². The molecule has 0 fully saturated rings. The zero-order valence-electron chi connectivity index (χ0n) is 12.7. The molecule has 0 amide bonds. The molecule has 0 spiro atoms. The Labute approximate surface area is 121 Å². The molecule has 1 aromatic rings. The second kappa shape index (κ2) is 10.5. The molecule has 1 N–H and O–H groups in total. The second-order valence-corrected chi connectivity index (χ2v) is 4.55. The van der Waals surface area contributed by atoms with Crippen molar-refractivity contribution in [2.24, 2.45) is 0 Å². The van der Waals surface area contributed by atoms with Gasteiger partial charge in [0.25, 0.3) is 0 Å². The number of hydrogen-bond acceptors (Lipinski definition) is 5. The van der Waals surface area contributed by atoms with Gasteiger partial charge in [-0.1, -0.05) is 12.1 Å². The number of likely N-dealkylation sites (N-methyl/N-ethyl adjacent to an activating group) is 1. The first-order valence-corrected chi connectivity index (χ1v) is 6.92. The van der Waals surface area contributed by atoms with Crippen molar-refractivity contribution in [3.8, 4) is 11.5 Å². The standard InChI is InChI=1S/C15H26N2O3/c1-17(11-13-18-2)10-8-16-9-12-20-15-7-5-4-6-14(15)19-3/h4-7,16H,8-13H2,1-3H3. The van der Waals surface area contributed by atoms with E-state index in [-0.39, 0.29) is 0 Å². The zero-order valence-corrected chi connectivity index (χ0v) is 12.7. The van der Waals surface area contributed by atoms with E-state index in [4.69, 9.17) is 14.2 Å². The molecule has 0 aromatic heterocycles. The van der Waals surface area contributed by atoms with Crippen LogP contribution in [0, 0.1) is 0 Å². The lowest BCUT2D eigenvalue weighted by atomic mass is 10.3. The third kappa shape index (κ3) is 6.75. The molecule has 0 aliphatic carbocycles. The lowest BCUT2D eigenvalue weighted by Crippen LogP contribution is -2.33. The molecule has 0 radical (unpaired) electrons. The van der Waals surface area contributed by atoms with E-state index < -0.39 is 0 Å². The maximum Gasteiger partial charge on any atom is 0.161 e. The minimum atomic E-state index is 0.627. The van der Waals surface area contributed by atoms with Crippen LogP contribution < -0.4 is 14.8 Å². The van der Waals surface area contributed by atoms with Crippen LogP contribution in [0.1, 0.15) is 0 Å². The van der Waals surface area contributed by atoms with Crippen LogP contribution in [0.25, 0.3) is 0 Å². The van der Waals surface area contributed by atoms with Gasteiger partial charge >= 0.3 is 0 Å². The lowest BCUT2D eigenvalue weighted by Gasteiger charge is -2.16. The first kappa shape index (κ1) is 16.8. The summed E-state index contributed by atoms with van der Waals surface area (Å²) >= 11 is 0. The predicted octanol–water partition coefficient (Wildman–Crippen LogP) is 1.24. The summed E-state index contributed by atoms with van der Waals surface area (Å²) in [7, 11) is 5.46. The largest absolute Gasteiger partial charge is 0.493 e. The van der Waals surface area contributed by atoms with Crippen LogP contribution in [0.5, 0.6) is 11.5 Å². The number of methoxy groups -OCH3 is 2. The van der Waals surface area contributed by atoms with Crippen LogP contribution in [0.4, 0.5) is 0 Å². The first-order valence-electron chi connectivity index (χ1n) is 6.92. The van der Waals surface area contributed by atoms with Crippen molar-refractivity contribution in [2.45, 2.75) is 0 Å². The fourth-order valence-corrected chi connectivity index (χ4v) is 1.73. The Morgan fingerprint density at radius 2 is 1.75 bits per heavy atom. The highest BCUT2D eigenvalue weighted by Crippen LogP contribution is 2.25. The molecule has 0 aliphatic rings. The summed E-state index contributed by atoms with van der Waals surface area (Å²) in [5.41, 5.74) is 0. The average molecular weight is 282 g/mol. The minimum absolute atomic E-state index is 0.627. The molecule has 0 saturated carbocycles. The lowest BCUT2D eigenvalue weighted by molar-refractivity contribution is 0.161. The number of ether oxygens (including phenoxy) is 3. The van der Waals surface area contributed by atoms with Crippen molar-refractivity contribution in [3.63, 3.8) is 0 Å². The number of nitrogens with one attached hydrogen (secondary N) is 1. The van der Waals surface area contributed by atoms with Crippen molar-refractivity contribution in [2.75, 3.05) is 60.7 Å². The van der Waals surface area contributed by atoms with Gasteiger partial charge in [0.05, 0.1) is 13.7 Å². The predicted molar refractivity (Wildman–Crippen MR) is 80.7 cm³/mol. The molecule has 0 unspecified atom stereocenters. The van der Waals surface area contributed by atoms with Gasteiger partial charge in [-0.15, -0.1) is 0 Å². The zero-order chi connectivity index (χ0) is 14.6. The van der Waals surface area contributed by atoms with Gasteiger partial charge in [0.2, 0.25) is 0 Å². The third-order valence-corrected chi connectivity index (χ3v) is 2.95. The summed E-state index contributed by atoms with van der Waals surface area (Å²) in [6.07, 6.45) is 0. The van der Waals surface area contributed by atoms with E-state index in [1.54, 1.807) is 14.2 Å². The summed E-state index contributed by atoms with van der Waals surface area (Å²) < 4.78 is 15.9. The van der Waals surface area contributed by atoms with Gasteiger partial charge in [0.15, 0.2) is 11.5 Å². The van der Waals surface area contributed by atoms with Gasteiger partial charge in [0, 0.05) is 33.3 Å². The molecule has 5 nitrogen and oxygen atoms in total. The Balaban J connectivity index is 2.07. The van der Waals surface area contributed by atoms with E-state index in [2.05, 4.69) is 17.3 Å². The molecular formula is C15H26N2O3. The normalized spacial score (nSPS) is 10.8. The van der Waals surface area contributed by atoms with Crippen molar-refractivity contribution < 1.29 is 14.2 Å². The van der Waals surface area contributed by atoms with Gasteiger partial charge in [-0.25, -0.2) is 0 Å². The van der Waals surface area contributed by atoms with Gasteiger partial charge < -0.3 is 24.4 Å². The van der Waals surface area contributed by atoms with E-state index in [1.807, 2.05) is 24.3 Å². The summed E-state index contributed by atoms with van der Waals surface area (Å²) in [5.74, 6) is 1.56. The molecule has 0 saturated heterocycles. The van der Waals surface area contributed by atoms with Crippen molar-refractivity contribution >= 4 is 0 Å². The highest BCUT2D eigenvalue weighted by atomic mass is 16.5. The maximum atomic E-state index is 5.68. The molecule has 114 valence electrons. The number of hydrogen-bond donors (Lipinski definition) is 1. The summed E-state index contributed by atoms with van der Waals surface area (Å²) in [5, 5.41) is 3.35. The van der Waals surface area contributed by atoms with Crippen LogP contribution in [0.15, 0.2) is 24.3 Å². The van der Waals surface area contributed by atoms with Gasteiger partial charge in [-0.2, -0.15) is 0 Å². The summed E-state index contributed by atoms with van der Waals surface area (Å²) in [6.45, 7) is 5.11. The van der Waals surface area contributed by atoms with Gasteiger partial charge in [-0.3, -0.25) is 0 Å². The van der Waals surface area contributed by atoms with Crippen LogP contribution in [-0.4, -0.2) is 65.6 Å². The van der Waals surface area contributed by atoms with E-state index in [0.29, 0.717) is 6.61 Å². The van der Waals surface area contributed by atoms with Crippen molar-refractivity contribution in [1.29, 1.82) is 0 Å². The topological polar surface area (TPSA) is 43.0 Å². The smallest absolute Gasteiger partial charge is 0.161 e. The summed E-state index contributed by atoms with van der Waals surface area (Å²) in [4.78, 5) is 2.23. The monoisotopic (exact) mass is 282 g/mol. The number of rotatable bonds is 11. The third-order valence-electron chi connectivity index (χ3n) is 2.95. The Kier molecular flexibility index (Phi) is 8.78. The second-order valence-electron chi connectivity index (χ2n) is 4.55. The Hall–Kier alpha value is -1.30. The highest BCUT2D eigenvalue weighted by molar-refractivity contribution is 5.39. The maximum absolute atomic E-state index is 5.68. The van der Waals surface area contributed by atoms with E-state index >= 15 is 0 Å². The number of benzene rings is 1. The minimum Gasteiger partial charge on any atom is -0.493 e. The number of para-hydroxylation sites is 2. The molecule has 0 heterocycles. The summed E-state index contributed by atoms with van der Waals surface area (Å²) in [6, 6.07) is 7.68. The molecular weight excluding hydrogens is 256 g/mol. The molecule has 20 heavy (non-hydrogen) atoms. The first-order chi connectivity index (χ1) is 9.77. The van der Waals surface area contributed by atoms with Crippen molar-refractivity contribution in [1.82, 2.24) is 10.2 Å². The van der Waals surface area contributed by atoms with E-state index in [1.165, 1.54) is 0 Å². The molecule has 5 heteroatoms. The van der Waals surface area contributed by atoms with Crippen LogP contribution >= 0.6 is 0 Å². The van der Waals surface area contributed by atoms with E-state index in [0.717, 1.165) is 44.3 Å². The molecule has 1 rings (SSSR count). The number of nitrogens with zero attached hydrogens (tertiary/aromatic N) is 1. The fraction of sp³-hybridized carbons (Fsp3) is 0.600. The Morgan fingerprint density at radius 3 is 2.45 bits per heavy atom. The SMILES string of the molecule is COCCN(C)CCNCCOc1ccccc1OC. The fourth-order valence-electron chi connectivity index (χ4n) is 1.73. The Morgan fingerprint density at radius 1 is 1.00 bits per heavy atom. The van der Waals surface area contributed by atoms with Crippen LogP contribution in [-0.2, 0) is 4.74 Å². The average Bonchev–Trinajstić information content (AvgIpc) is 2.49. The van der Waals surface area contributed by atoms with Gasteiger partial charge in [0.1, 0.15) is 6.61 Å². The Bertz CT molecular complexity index is 361. The molecule has 1 aromatic carbocycles. The highest BCUT2D eigenvalue weighted by Gasteiger charge is 2.01. The van der Waals surface area contributed by atoms with Gasteiger partial charge in [-0.05, 0) is 19.2 Å². The van der Waals surface area contributed by atoms with Crippen LogP contribution in [0.3, 0.4) is 0 Å².